The van der Waals surface area contributed by atoms with Crippen LogP contribution in [0.4, 0.5) is 5.69 Å². The Morgan fingerprint density at radius 1 is 1.15 bits per heavy atom. The van der Waals surface area contributed by atoms with E-state index < -0.39 is 0 Å². The van der Waals surface area contributed by atoms with Crippen LogP contribution in [0.3, 0.4) is 0 Å². The molecule has 1 aromatic heterocycles. The van der Waals surface area contributed by atoms with Crippen LogP contribution in [0.2, 0.25) is 0 Å². The minimum Gasteiger partial charge on any atom is -0.305 e. The van der Waals surface area contributed by atoms with Gasteiger partial charge in [-0.1, -0.05) is 53.7 Å². The zero-order valence-electron chi connectivity index (χ0n) is 14.6. The molecule has 0 bridgehead atoms. The van der Waals surface area contributed by atoms with E-state index in [0.717, 1.165) is 17.7 Å². The van der Waals surface area contributed by atoms with E-state index in [1.807, 2.05) is 59.6 Å². The van der Waals surface area contributed by atoms with Gasteiger partial charge in [0, 0.05) is 17.8 Å². The Labute approximate surface area is 152 Å². The van der Waals surface area contributed by atoms with Crippen LogP contribution in [0.5, 0.6) is 0 Å². The zero-order valence-corrected chi connectivity index (χ0v) is 14.6. The van der Waals surface area contributed by atoms with Gasteiger partial charge < -0.3 is 4.90 Å². The van der Waals surface area contributed by atoms with Crippen LogP contribution < -0.4 is 4.90 Å². The molecule has 130 valence electrons. The summed E-state index contributed by atoms with van der Waals surface area (Å²) < 4.78 is 1.77. The van der Waals surface area contributed by atoms with Crippen LogP contribution in [-0.4, -0.2) is 26.9 Å². The van der Waals surface area contributed by atoms with Crippen molar-refractivity contribution in [2.24, 2.45) is 0 Å². The molecule has 1 unspecified atom stereocenters. The van der Waals surface area contributed by atoms with Gasteiger partial charge in [-0.25, -0.2) is 4.68 Å². The van der Waals surface area contributed by atoms with Gasteiger partial charge in [0.2, 0.25) is 0 Å². The summed E-state index contributed by atoms with van der Waals surface area (Å²) in [6, 6.07) is 18.3. The number of rotatable bonds is 4. The molecule has 0 spiro atoms. The SMILES string of the molecule is CC1Cc2ccccc2N1C(=O)C=Cc1cn(Cc2ccccc2)nn1. The van der Waals surface area contributed by atoms with Crippen LogP contribution in [0.15, 0.2) is 66.9 Å². The molecule has 1 amide bonds. The number of hydrogen-bond acceptors (Lipinski definition) is 3. The first-order valence-electron chi connectivity index (χ1n) is 8.74. The smallest absolute Gasteiger partial charge is 0.251 e. The van der Waals surface area contributed by atoms with E-state index in [-0.39, 0.29) is 11.9 Å². The summed E-state index contributed by atoms with van der Waals surface area (Å²) in [5, 5.41) is 8.26. The minimum atomic E-state index is -0.0277. The summed E-state index contributed by atoms with van der Waals surface area (Å²) in [5.74, 6) is -0.0277. The highest BCUT2D eigenvalue weighted by atomic mass is 16.2. The summed E-state index contributed by atoms with van der Waals surface area (Å²) in [5.41, 5.74) is 4.05. The molecule has 1 aliphatic rings. The van der Waals surface area contributed by atoms with E-state index in [1.165, 1.54) is 5.56 Å². The van der Waals surface area contributed by atoms with Crippen molar-refractivity contribution < 1.29 is 4.79 Å². The fourth-order valence-corrected chi connectivity index (χ4v) is 3.38. The van der Waals surface area contributed by atoms with Crippen LogP contribution >= 0.6 is 0 Å². The Kier molecular flexibility index (Phi) is 4.35. The Morgan fingerprint density at radius 3 is 2.77 bits per heavy atom. The van der Waals surface area contributed by atoms with Crippen molar-refractivity contribution in [2.75, 3.05) is 4.90 Å². The molecule has 5 nitrogen and oxygen atoms in total. The van der Waals surface area contributed by atoms with E-state index in [0.29, 0.717) is 12.2 Å². The molecule has 0 radical (unpaired) electrons. The number of anilines is 1. The lowest BCUT2D eigenvalue weighted by Gasteiger charge is -2.20. The molecular weight excluding hydrogens is 324 g/mol. The summed E-state index contributed by atoms with van der Waals surface area (Å²) in [6.07, 6.45) is 6.04. The molecule has 1 aliphatic heterocycles. The van der Waals surface area contributed by atoms with Gasteiger partial charge >= 0.3 is 0 Å². The fourth-order valence-electron chi connectivity index (χ4n) is 3.38. The molecule has 0 saturated carbocycles. The second-order valence-corrected chi connectivity index (χ2v) is 6.55. The topological polar surface area (TPSA) is 51.0 Å². The molecule has 5 heteroatoms. The molecule has 0 aliphatic carbocycles. The number of aromatic nitrogens is 3. The van der Waals surface area contributed by atoms with Gasteiger partial charge in [0.1, 0.15) is 5.69 Å². The molecule has 0 fully saturated rings. The number of nitrogens with zero attached hydrogens (tertiary/aromatic N) is 4. The van der Waals surface area contributed by atoms with Gasteiger partial charge in [0.15, 0.2) is 0 Å². The lowest BCUT2D eigenvalue weighted by Crippen LogP contribution is -2.34. The summed E-state index contributed by atoms with van der Waals surface area (Å²) in [6.45, 7) is 2.73. The monoisotopic (exact) mass is 344 g/mol. The highest BCUT2D eigenvalue weighted by molar-refractivity contribution is 6.05. The van der Waals surface area contributed by atoms with Crippen LogP contribution in [-0.2, 0) is 17.8 Å². The highest BCUT2D eigenvalue weighted by Crippen LogP contribution is 2.31. The van der Waals surface area contributed by atoms with Gasteiger partial charge in [-0.3, -0.25) is 4.79 Å². The lowest BCUT2D eigenvalue weighted by atomic mass is 10.1. The molecular formula is C21H20N4O. The summed E-state index contributed by atoms with van der Waals surface area (Å²) in [7, 11) is 0. The molecule has 3 aromatic rings. The summed E-state index contributed by atoms with van der Waals surface area (Å²) in [4.78, 5) is 14.5. The van der Waals surface area contributed by atoms with Crippen molar-refractivity contribution in [3.05, 3.63) is 83.7 Å². The van der Waals surface area contributed by atoms with Gasteiger partial charge in [0.05, 0.1) is 12.7 Å². The molecule has 26 heavy (non-hydrogen) atoms. The maximum atomic E-state index is 12.7. The largest absolute Gasteiger partial charge is 0.305 e. The molecule has 0 saturated heterocycles. The Balaban J connectivity index is 1.46. The number of hydrogen-bond donors (Lipinski definition) is 0. The lowest BCUT2D eigenvalue weighted by molar-refractivity contribution is -0.114. The number of para-hydroxylation sites is 1. The first-order chi connectivity index (χ1) is 12.7. The van der Waals surface area contributed by atoms with Crippen molar-refractivity contribution in [1.82, 2.24) is 15.0 Å². The van der Waals surface area contributed by atoms with Crippen molar-refractivity contribution in [1.29, 1.82) is 0 Å². The molecule has 2 heterocycles. The van der Waals surface area contributed by atoms with E-state index >= 15 is 0 Å². The maximum absolute atomic E-state index is 12.7. The maximum Gasteiger partial charge on any atom is 0.251 e. The van der Waals surface area contributed by atoms with Gasteiger partial charge in [-0.15, -0.1) is 5.10 Å². The first-order valence-corrected chi connectivity index (χ1v) is 8.74. The van der Waals surface area contributed by atoms with Gasteiger partial charge in [-0.2, -0.15) is 0 Å². The third-order valence-electron chi connectivity index (χ3n) is 4.59. The Bertz CT molecular complexity index is 945. The fraction of sp³-hybridized carbons (Fsp3) is 0.190. The van der Waals surface area contributed by atoms with Crippen molar-refractivity contribution in [2.45, 2.75) is 25.9 Å². The Hall–Kier alpha value is -3.21. The minimum absolute atomic E-state index is 0.0277. The normalized spacial score (nSPS) is 16.2. The number of benzene rings is 2. The second kappa shape index (κ2) is 6.96. The zero-order chi connectivity index (χ0) is 17.9. The number of fused-ring (bicyclic) bond motifs is 1. The third-order valence-corrected chi connectivity index (χ3v) is 4.59. The van der Waals surface area contributed by atoms with Crippen LogP contribution in [0.25, 0.3) is 6.08 Å². The van der Waals surface area contributed by atoms with E-state index in [1.54, 1.807) is 16.8 Å². The van der Waals surface area contributed by atoms with Gasteiger partial charge in [0.25, 0.3) is 5.91 Å². The highest BCUT2D eigenvalue weighted by Gasteiger charge is 2.29. The van der Waals surface area contributed by atoms with Gasteiger partial charge in [-0.05, 0) is 36.6 Å². The van der Waals surface area contributed by atoms with Crippen molar-refractivity contribution in [3.63, 3.8) is 0 Å². The van der Waals surface area contributed by atoms with E-state index in [4.69, 9.17) is 0 Å². The predicted molar refractivity (Wildman–Crippen MR) is 102 cm³/mol. The standard InChI is InChI=1S/C21H20N4O/c1-16-13-18-9-5-6-10-20(18)25(16)21(26)12-11-19-15-24(23-22-19)14-17-7-3-2-4-8-17/h2-12,15-16H,13-14H2,1H3. The summed E-state index contributed by atoms with van der Waals surface area (Å²) >= 11 is 0. The third kappa shape index (κ3) is 3.28. The quantitative estimate of drug-likeness (QED) is 0.682. The second-order valence-electron chi connectivity index (χ2n) is 6.55. The molecule has 1 atom stereocenters. The predicted octanol–water partition coefficient (Wildman–Crippen LogP) is 3.32. The van der Waals surface area contributed by atoms with E-state index in [9.17, 15) is 4.79 Å². The number of amides is 1. The number of carbonyl (C=O) groups is 1. The average Bonchev–Trinajstić information content (AvgIpc) is 3.23. The van der Waals surface area contributed by atoms with Crippen LogP contribution in [0, 0.1) is 0 Å². The van der Waals surface area contributed by atoms with Crippen molar-refractivity contribution >= 4 is 17.7 Å². The van der Waals surface area contributed by atoms with Crippen molar-refractivity contribution in [3.8, 4) is 0 Å². The van der Waals surface area contributed by atoms with E-state index in [2.05, 4.69) is 23.3 Å². The first kappa shape index (κ1) is 16.3. The molecule has 2 aromatic carbocycles. The Morgan fingerprint density at radius 2 is 1.92 bits per heavy atom. The molecule has 4 rings (SSSR count). The molecule has 0 N–H and O–H groups in total. The number of carbonyl (C=O) groups excluding carboxylic acids is 1. The van der Waals surface area contributed by atoms with Crippen LogP contribution in [0.1, 0.15) is 23.7 Å². The average molecular weight is 344 g/mol.